The Labute approximate surface area is 172 Å². The number of hydrogen-bond donors (Lipinski definition) is 0. The van der Waals surface area contributed by atoms with Crippen molar-refractivity contribution in [3.63, 3.8) is 0 Å². The highest BCUT2D eigenvalue weighted by atomic mass is 16.7. The van der Waals surface area contributed by atoms with Gasteiger partial charge in [-0.3, -0.25) is 0 Å². The molecule has 1 fully saturated rings. The maximum atomic E-state index is 8.45. The Hall–Kier alpha value is -1.97. The summed E-state index contributed by atoms with van der Waals surface area (Å²) in [6, 6.07) is 0. The molecule has 0 spiro atoms. The first-order valence-corrected chi connectivity index (χ1v) is 9.37. The Bertz CT molecular complexity index is 552. The van der Waals surface area contributed by atoms with Crippen LogP contribution in [0.15, 0.2) is 55.7 Å². The zero-order chi connectivity index (χ0) is 21.3. The van der Waals surface area contributed by atoms with Crippen molar-refractivity contribution < 1.29 is 28.4 Å². The molecule has 1 aliphatic heterocycles. The third kappa shape index (κ3) is 8.93. The number of hydrogen-bond acceptors (Lipinski definition) is 7. The van der Waals surface area contributed by atoms with Crippen LogP contribution in [-0.2, 0) is 28.4 Å². The van der Waals surface area contributed by atoms with Gasteiger partial charge in [0, 0.05) is 11.5 Å². The van der Waals surface area contributed by atoms with Crippen molar-refractivity contribution in [2.45, 2.75) is 30.7 Å². The SMILES string of the molecule is C=CCOC[C@H]1O[C@@H](OCCN=[N+]=[N-])[C@H](OCC=C)[C@@H](OCC=C)[C@@H]1OCC=C. The van der Waals surface area contributed by atoms with Gasteiger partial charge in [0.2, 0.25) is 0 Å². The summed E-state index contributed by atoms with van der Waals surface area (Å²) >= 11 is 0. The molecule has 0 amide bonds. The molecule has 1 saturated heterocycles. The van der Waals surface area contributed by atoms with Crippen LogP contribution in [0, 0.1) is 0 Å². The maximum Gasteiger partial charge on any atom is 0.186 e. The van der Waals surface area contributed by atoms with Crippen molar-refractivity contribution in [2.24, 2.45) is 5.11 Å². The van der Waals surface area contributed by atoms with E-state index in [2.05, 4.69) is 36.3 Å². The predicted octanol–water partition coefficient (Wildman–Crippen LogP) is 2.95. The Kier molecular flexibility index (Phi) is 13.7. The zero-order valence-electron chi connectivity index (χ0n) is 16.8. The largest absolute Gasteiger partial charge is 0.375 e. The summed E-state index contributed by atoms with van der Waals surface area (Å²) in [5.41, 5.74) is 8.45. The topological polar surface area (TPSA) is 104 Å². The maximum absolute atomic E-state index is 8.45. The number of azide groups is 1. The van der Waals surface area contributed by atoms with Crippen molar-refractivity contribution in [1.29, 1.82) is 0 Å². The smallest absolute Gasteiger partial charge is 0.186 e. The Morgan fingerprint density at radius 1 is 0.828 bits per heavy atom. The van der Waals surface area contributed by atoms with Crippen LogP contribution >= 0.6 is 0 Å². The molecule has 0 N–H and O–H groups in total. The van der Waals surface area contributed by atoms with Crippen molar-refractivity contribution in [3.8, 4) is 0 Å². The Morgan fingerprint density at radius 2 is 1.41 bits per heavy atom. The van der Waals surface area contributed by atoms with E-state index in [0.29, 0.717) is 13.2 Å². The van der Waals surface area contributed by atoms with Crippen LogP contribution in [0.5, 0.6) is 0 Å². The van der Waals surface area contributed by atoms with E-state index in [-0.39, 0.29) is 33.0 Å². The summed E-state index contributed by atoms with van der Waals surface area (Å²) in [7, 11) is 0. The second-order valence-corrected chi connectivity index (χ2v) is 5.95. The van der Waals surface area contributed by atoms with Gasteiger partial charge in [0.1, 0.15) is 24.4 Å². The predicted molar refractivity (Wildman–Crippen MR) is 109 cm³/mol. The third-order valence-corrected chi connectivity index (χ3v) is 3.87. The van der Waals surface area contributed by atoms with Crippen molar-refractivity contribution >= 4 is 0 Å². The highest BCUT2D eigenvalue weighted by molar-refractivity contribution is 4.94. The van der Waals surface area contributed by atoms with Crippen LogP contribution in [0.25, 0.3) is 10.4 Å². The second-order valence-electron chi connectivity index (χ2n) is 5.95. The lowest BCUT2D eigenvalue weighted by atomic mass is 9.98. The molecule has 1 heterocycles. The van der Waals surface area contributed by atoms with Gasteiger partial charge in [0.15, 0.2) is 6.29 Å². The van der Waals surface area contributed by atoms with Gasteiger partial charge in [-0.05, 0) is 5.53 Å². The van der Waals surface area contributed by atoms with Crippen molar-refractivity contribution in [2.75, 3.05) is 46.2 Å². The van der Waals surface area contributed by atoms with Crippen molar-refractivity contribution in [3.05, 3.63) is 61.1 Å². The molecular weight excluding hydrogens is 378 g/mol. The average Bonchev–Trinajstić information content (AvgIpc) is 2.73. The number of nitrogens with zero attached hydrogens (tertiary/aromatic N) is 3. The number of ether oxygens (including phenoxy) is 6. The van der Waals surface area contributed by atoms with E-state index in [9.17, 15) is 0 Å². The summed E-state index contributed by atoms with van der Waals surface area (Å²) in [4.78, 5) is 2.72. The van der Waals surface area contributed by atoms with Crippen LogP contribution < -0.4 is 0 Å². The molecule has 9 nitrogen and oxygen atoms in total. The molecule has 162 valence electrons. The van der Waals surface area contributed by atoms with Gasteiger partial charge < -0.3 is 28.4 Å². The van der Waals surface area contributed by atoms with Crippen LogP contribution in [0.4, 0.5) is 0 Å². The van der Waals surface area contributed by atoms with Crippen molar-refractivity contribution in [1.82, 2.24) is 0 Å². The minimum Gasteiger partial charge on any atom is -0.375 e. The Balaban J connectivity index is 3.07. The fourth-order valence-electron chi connectivity index (χ4n) is 2.77. The fraction of sp³-hybridized carbons (Fsp3) is 0.600. The van der Waals surface area contributed by atoms with Gasteiger partial charge in [-0.2, -0.15) is 0 Å². The van der Waals surface area contributed by atoms with E-state index >= 15 is 0 Å². The van der Waals surface area contributed by atoms with E-state index in [1.807, 2.05) is 0 Å². The van der Waals surface area contributed by atoms with Gasteiger partial charge >= 0.3 is 0 Å². The molecule has 29 heavy (non-hydrogen) atoms. The molecule has 9 heteroatoms. The standard InChI is InChI=1S/C20H31N3O6/c1-5-10-24-15-16-17(25-11-6-2)18(26-12-7-3)19(27-13-8-4)20(29-16)28-14-9-22-23-21/h5-8,16-20H,1-4,9-15H2/t16-,17-,18+,19-,20-/m1/s1. The minimum absolute atomic E-state index is 0.162. The monoisotopic (exact) mass is 409 g/mol. The molecule has 0 unspecified atom stereocenters. The summed E-state index contributed by atoms with van der Waals surface area (Å²) in [6.07, 6.45) is 3.67. The molecule has 0 radical (unpaired) electrons. The highest BCUT2D eigenvalue weighted by Crippen LogP contribution is 2.29. The first kappa shape index (κ1) is 25.1. The third-order valence-electron chi connectivity index (χ3n) is 3.87. The van der Waals surface area contributed by atoms with E-state index in [4.69, 9.17) is 34.0 Å². The Morgan fingerprint density at radius 3 is 2.00 bits per heavy atom. The molecule has 0 bridgehead atoms. The van der Waals surface area contributed by atoms with Gasteiger partial charge in [0.25, 0.3) is 0 Å². The fourth-order valence-corrected chi connectivity index (χ4v) is 2.77. The van der Waals surface area contributed by atoms with E-state index in [1.165, 1.54) is 0 Å². The van der Waals surface area contributed by atoms with Crippen LogP contribution in [0.1, 0.15) is 0 Å². The quantitative estimate of drug-likeness (QED) is 0.120. The van der Waals surface area contributed by atoms with Gasteiger partial charge in [-0.15, -0.1) is 26.3 Å². The first-order valence-electron chi connectivity index (χ1n) is 9.37. The molecule has 1 aliphatic rings. The van der Waals surface area contributed by atoms with Gasteiger partial charge in [0.05, 0.1) is 39.6 Å². The summed E-state index contributed by atoms with van der Waals surface area (Å²) in [5.74, 6) is 0. The van der Waals surface area contributed by atoms with Gasteiger partial charge in [-0.1, -0.05) is 29.4 Å². The minimum atomic E-state index is -0.778. The van der Waals surface area contributed by atoms with Crippen LogP contribution in [0.2, 0.25) is 0 Å². The summed E-state index contributed by atoms with van der Waals surface area (Å²) in [6.45, 7) is 16.5. The molecule has 0 saturated carbocycles. The van der Waals surface area contributed by atoms with Crippen LogP contribution in [-0.4, -0.2) is 76.9 Å². The second kappa shape index (κ2) is 15.9. The van der Waals surface area contributed by atoms with E-state index < -0.39 is 30.7 Å². The zero-order valence-corrected chi connectivity index (χ0v) is 16.8. The van der Waals surface area contributed by atoms with E-state index in [0.717, 1.165) is 0 Å². The summed E-state index contributed by atoms with van der Waals surface area (Å²) < 4.78 is 35.3. The van der Waals surface area contributed by atoms with Crippen LogP contribution in [0.3, 0.4) is 0 Å². The lowest BCUT2D eigenvalue weighted by Crippen LogP contribution is -2.62. The molecule has 0 aromatic carbocycles. The molecule has 1 rings (SSSR count). The number of rotatable bonds is 17. The molecule has 0 aromatic rings. The average molecular weight is 409 g/mol. The highest BCUT2D eigenvalue weighted by Gasteiger charge is 2.48. The lowest BCUT2D eigenvalue weighted by Gasteiger charge is -2.45. The summed E-state index contributed by atoms with van der Waals surface area (Å²) in [5, 5.41) is 3.47. The molecule has 5 atom stereocenters. The molecular formula is C20H31N3O6. The molecule has 0 aromatic heterocycles. The van der Waals surface area contributed by atoms with E-state index in [1.54, 1.807) is 24.3 Å². The molecule has 0 aliphatic carbocycles. The first-order chi connectivity index (χ1) is 14.2. The lowest BCUT2D eigenvalue weighted by molar-refractivity contribution is -0.319. The normalized spacial score (nSPS) is 26.3. The van der Waals surface area contributed by atoms with Gasteiger partial charge in [-0.25, -0.2) is 0 Å².